The Morgan fingerprint density at radius 2 is 2.25 bits per heavy atom. The van der Waals surface area contributed by atoms with Crippen molar-refractivity contribution in [3.05, 3.63) is 41.2 Å². The molecule has 1 amide bonds. The summed E-state index contributed by atoms with van der Waals surface area (Å²) in [4.78, 5) is 20.4. The minimum absolute atomic E-state index is 0.0298. The first-order chi connectivity index (χ1) is 11.8. The topological polar surface area (TPSA) is 96.7 Å². The fourth-order valence-electron chi connectivity index (χ4n) is 3.14. The molecule has 0 unspecified atom stereocenters. The number of hydrogen-bond donors (Lipinski definition) is 2. The predicted octanol–water partition coefficient (Wildman–Crippen LogP) is 2.07. The number of nitrogens with zero attached hydrogens (tertiary/aromatic N) is 3. The molecule has 124 valence electrons. The number of aromatic nitrogens is 4. The van der Waals surface area contributed by atoms with E-state index in [1.807, 2.05) is 0 Å². The van der Waals surface area contributed by atoms with Crippen LogP contribution in [0.2, 0.25) is 0 Å². The average Bonchev–Trinajstić information content (AvgIpc) is 3.21. The van der Waals surface area contributed by atoms with Crippen LogP contribution in [0.25, 0.3) is 11.2 Å². The van der Waals surface area contributed by atoms with Crippen molar-refractivity contribution in [1.29, 1.82) is 0 Å². The molecule has 7 heteroatoms. The first-order valence-electron chi connectivity index (χ1n) is 8.32. The number of amides is 1. The van der Waals surface area contributed by atoms with Crippen LogP contribution in [0.15, 0.2) is 22.7 Å². The first kappa shape index (κ1) is 14.9. The number of carbonyl (C=O) groups is 1. The summed E-state index contributed by atoms with van der Waals surface area (Å²) in [5, 5.41) is 10.3. The Bertz CT molecular complexity index is 834. The fraction of sp³-hybridized carbons (Fsp3) is 0.412. The van der Waals surface area contributed by atoms with E-state index in [2.05, 4.69) is 25.5 Å². The molecule has 3 aromatic heterocycles. The second-order valence-corrected chi connectivity index (χ2v) is 6.04. The van der Waals surface area contributed by atoms with Gasteiger partial charge in [-0.05, 0) is 43.4 Å². The molecule has 2 N–H and O–H groups in total. The van der Waals surface area contributed by atoms with E-state index in [-0.39, 0.29) is 12.5 Å². The third-order valence-electron chi connectivity index (χ3n) is 4.38. The van der Waals surface area contributed by atoms with Crippen LogP contribution in [0.4, 0.5) is 0 Å². The molecule has 1 aliphatic carbocycles. The molecule has 0 atom stereocenters. The lowest BCUT2D eigenvalue weighted by atomic mass is 9.95. The highest BCUT2D eigenvalue weighted by molar-refractivity contribution is 5.76. The zero-order valence-electron chi connectivity index (χ0n) is 13.3. The molecule has 0 spiro atoms. The minimum atomic E-state index is -0.0298. The van der Waals surface area contributed by atoms with E-state index < -0.39 is 0 Å². The first-order valence-corrected chi connectivity index (χ1v) is 8.32. The second kappa shape index (κ2) is 6.43. The quantitative estimate of drug-likeness (QED) is 0.748. The van der Waals surface area contributed by atoms with Crippen LogP contribution >= 0.6 is 0 Å². The maximum Gasteiger partial charge on any atom is 0.220 e. The number of oxazole rings is 1. The number of aromatic amines is 1. The Kier molecular flexibility index (Phi) is 3.98. The van der Waals surface area contributed by atoms with Gasteiger partial charge in [0.2, 0.25) is 11.8 Å². The SMILES string of the molecule is O=C(CCc1n[nH]c2c1CCCC2)NCc1nc2ncccc2o1. The summed E-state index contributed by atoms with van der Waals surface area (Å²) in [5.74, 6) is 0.437. The van der Waals surface area contributed by atoms with Gasteiger partial charge in [0.15, 0.2) is 11.2 Å². The summed E-state index contributed by atoms with van der Waals surface area (Å²) in [6.45, 7) is 0.272. The fourth-order valence-corrected chi connectivity index (χ4v) is 3.14. The van der Waals surface area contributed by atoms with Gasteiger partial charge in [-0.2, -0.15) is 10.1 Å². The minimum Gasteiger partial charge on any atom is -0.437 e. The summed E-state index contributed by atoms with van der Waals surface area (Å²) in [5.41, 5.74) is 4.79. The number of nitrogens with one attached hydrogen (secondary N) is 2. The van der Waals surface area contributed by atoms with Gasteiger partial charge in [-0.3, -0.25) is 9.89 Å². The van der Waals surface area contributed by atoms with Gasteiger partial charge in [0, 0.05) is 24.7 Å². The lowest BCUT2D eigenvalue weighted by Crippen LogP contribution is -2.23. The third-order valence-corrected chi connectivity index (χ3v) is 4.38. The number of fused-ring (bicyclic) bond motifs is 2. The van der Waals surface area contributed by atoms with E-state index in [4.69, 9.17) is 4.42 Å². The molecule has 0 bridgehead atoms. The summed E-state index contributed by atoms with van der Waals surface area (Å²) >= 11 is 0. The number of carbonyl (C=O) groups excluding carboxylic acids is 1. The largest absolute Gasteiger partial charge is 0.437 e. The van der Waals surface area contributed by atoms with Crippen molar-refractivity contribution in [2.45, 2.75) is 45.1 Å². The van der Waals surface area contributed by atoms with Gasteiger partial charge in [-0.25, -0.2) is 4.98 Å². The molecular formula is C17H19N5O2. The van der Waals surface area contributed by atoms with Crippen LogP contribution in [0.1, 0.15) is 42.1 Å². The predicted molar refractivity (Wildman–Crippen MR) is 87.2 cm³/mol. The Labute approximate surface area is 138 Å². The normalized spacial score (nSPS) is 13.8. The Morgan fingerprint density at radius 3 is 3.17 bits per heavy atom. The standard InChI is InChI=1S/C17H19N5O2/c23-15(8-7-13-11-4-1-2-5-12(11)21-22-13)19-10-16-20-17-14(24-16)6-3-9-18-17/h3,6,9H,1-2,4-5,7-8,10H2,(H,19,23)(H,21,22). The zero-order chi connectivity index (χ0) is 16.4. The lowest BCUT2D eigenvalue weighted by Gasteiger charge is -2.10. The van der Waals surface area contributed by atoms with Crippen molar-refractivity contribution in [2.75, 3.05) is 0 Å². The van der Waals surface area contributed by atoms with E-state index in [1.165, 1.54) is 24.1 Å². The Morgan fingerprint density at radius 1 is 1.33 bits per heavy atom. The van der Waals surface area contributed by atoms with E-state index in [1.54, 1.807) is 18.3 Å². The third kappa shape index (κ3) is 3.02. The number of H-pyrrole nitrogens is 1. The van der Waals surface area contributed by atoms with Gasteiger partial charge in [-0.15, -0.1) is 0 Å². The molecule has 24 heavy (non-hydrogen) atoms. The van der Waals surface area contributed by atoms with E-state index >= 15 is 0 Å². The summed E-state index contributed by atoms with van der Waals surface area (Å²) < 4.78 is 5.54. The monoisotopic (exact) mass is 325 g/mol. The summed E-state index contributed by atoms with van der Waals surface area (Å²) in [6.07, 6.45) is 7.30. The van der Waals surface area contributed by atoms with Crippen LogP contribution in [0.5, 0.6) is 0 Å². The second-order valence-electron chi connectivity index (χ2n) is 6.04. The van der Waals surface area contributed by atoms with Crippen molar-refractivity contribution < 1.29 is 9.21 Å². The highest BCUT2D eigenvalue weighted by atomic mass is 16.3. The molecule has 0 radical (unpaired) electrons. The van der Waals surface area contributed by atoms with Crippen molar-refractivity contribution in [2.24, 2.45) is 0 Å². The lowest BCUT2D eigenvalue weighted by molar-refractivity contribution is -0.121. The van der Waals surface area contributed by atoms with Gasteiger partial charge < -0.3 is 9.73 Å². The molecule has 0 fully saturated rings. The Balaban J connectivity index is 1.31. The molecule has 0 aromatic carbocycles. The summed E-state index contributed by atoms with van der Waals surface area (Å²) in [7, 11) is 0. The van der Waals surface area contributed by atoms with Gasteiger partial charge in [0.05, 0.1) is 12.2 Å². The maximum absolute atomic E-state index is 12.1. The smallest absolute Gasteiger partial charge is 0.220 e. The van der Waals surface area contributed by atoms with E-state index in [0.717, 1.165) is 18.5 Å². The number of aryl methyl sites for hydroxylation is 2. The van der Waals surface area contributed by atoms with Gasteiger partial charge >= 0.3 is 0 Å². The van der Waals surface area contributed by atoms with Crippen LogP contribution in [-0.4, -0.2) is 26.1 Å². The molecular weight excluding hydrogens is 306 g/mol. The van der Waals surface area contributed by atoms with Crippen molar-refractivity contribution in [3.63, 3.8) is 0 Å². The van der Waals surface area contributed by atoms with Crippen LogP contribution in [0.3, 0.4) is 0 Å². The summed E-state index contributed by atoms with van der Waals surface area (Å²) in [6, 6.07) is 3.60. The van der Waals surface area contributed by atoms with Gasteiger partial charge in [0.25, 0.3) is 0 Å². The van der Waals surface area contributed by atoms with E-state index in [9.17, 15) is 4.79 Å². The highest BCUT2D eigenvalue weighted by Crippen LogP contribution is 2.22. The zero-order valence-corrected chi connectivity index (χ0v) is 13.3. The van der Waals surface area contributed by atoms with Crippen LogP contribution in [0, 0.1) is 0 Å². The molecule has 0 saturated heterocycles. The van der Waals surface area contributed by atoms with Crippen molar-refractivity contribution in [3.8, 4) is 0 Å². The number of pyridine rings is 1. The van der Waals surface area contributed by atoms with Crippen LogP contribution in [-0.2, 0) is 30.6 Å². The molecule has 3 heterocycles. The van der Waals surface area contributed by atoms with Gasteiger partial charge in [-0.1, -0.05) is 0 Å². The number of rotatable bonds is 5. The molecule has 0 saturated carbocycles. The van der Waals surface area contributed by atoms with Crippen molar-refractivity contribution >= 4 is 17.1 Å². The van der Waals surface area contributed by atoms with E-state index in [0.29, 0.717) is 30.0 Å². The average molecular weight is 325 g/mol. The molecule has 4 rings (SSSR count). The number of hydrogen-bond acceptors (Lipinski definition) is 5. The highest BCUT2D eigenvalue weighted by Gasteiger charge is 2.17. The molecule has 1 aliphatic rings. The molecule has 7 nitrogen and oxygen atoms in total. The maximum atomic E-state index is 12.1. The van der Waals surface area contributed by atoms with Crippen molar-refractivity contribution in [1.82, 2.24) is 25.5 Å². The van der Waals surface area contributed by atoms with Gasteiger partial charge in [0.1, 0.15) is 0 Å². The van der Waals surface area contributed by atoms with Crippen LogP contribution < -0.4 is 5.32 Å². The molecule has 0 aliphatic heterocycles. The Hall–Kier alpha value is -2.70. The molecule has 3 aromatic rings.